The molecular formula is C17H13N3O. The molecule has 1 aliphatic rings. The third kappa shape index (κ3) is 1.88. The summed E-state index contributed by atoms with van der Waals surface area (Å²) in [7, 11) is 1.82. The van der Waals surface area contributed by atoms with Gasteiger partial charge in [-0.1, -0.05) is 18.2 Å². The molecule has 0 bridgehead atoms. The molecule has 0 fully saturated rings. The lowest BCUT2D eigenvalue weighted by atomic mass is 10.0. The van der Waals surface area contributed by atoms with Crippen molar-refractivity contribution in [2.45, 2.75) is 6.54 Å². The van der Waals surface area contributed by atoms with Gasteiger partial charge in [0.1, 0.15) is 0 Å². The summed E-state index contributed by atoms with van der Waals surface area (Å²) in [6.45, 7) is 0.656. The van der Waals surface area contributed by atoms with Crippen LogP contribution >= 0.6 is 0 Å². The first-order valence-corrected chi connectivity index (χ1v) is 6.83. The molecule has 0 radical (unpaired) electrons. The van der Waals surface area contributed by atoms with E-state index in [1.54, 1.807) is 11.1 Å². The standard InChI is InChI=1S/C17H13N3O/c1-20-10-12-8-11(6-7-13(12)17(20)21)16-9-18-14-4-2-3-5-15(14)19-16/h2-9H,10H2,1H3. The quantitative estimate of drug-likeness (QED) is 0.686. The average molecular weight is 275 g/mol. The van der Waals surface area contributed by atoms with Crippen LogP contribution in [-0.4, -0.2) is 27.8 Å². The summed E-state index contributed by atoms with van der Waals surface area (Å²) in [6, 6.07) is 13.7. The first-order chi connectivity index (χ1) is 10.2. The molecule has 3 aromatic rings. The second kappa shape index (κ2) is 4.38. The number of fused-ring (bicyclic) bond motifs is 2. The number of rotatable bonds is 1. The maximum atomic E-state index is 11.9. The molecule has 4 heteroatoms. The Bertz CT molecular complexity index is 873. The van der Waals surface area contributed by atoms with Crippen LogP contribution < -0.4 is 0 Å². The Hall–Kier alpha value is -2.75. The fourth-order valence-corrected chi connectivity index (χ4v) is 2.72. The zero-order valence-corrected chi connectivity index (χ0v) is 11.6. The van der Waals surface area contributed by atoms with Crippen molar-refractivity contribution in [3.05, 3.63) is 59.8 Å². The maximum Gasteiger partial charge on any atom is 0.254 e. The topological polar surface area (TPSA) is 46.1 Å². The van der Waals surface area contributed by atoms with Crippen LogP contribution in [0.4, 0.5) is 0 Å². The van der Waals surface area contributed by atoms with E-state index in [0.29, 0.717) is 6.54 Å². The molecule has 2 aromatic carbocycles. The molecule has 102 valence electrons. The van der Waals surface area contributed by atoms with E-state index in [-0.39, 0.29) is 5.91 Å². The molecule has 0 N–H and O–H groups in total. The van der Waals surface area contributed by atoms with Gasteiger partial charge in [0.25, 0.3) is 5.91 Å². The van der Waals surface area contributed by atoms with Gasteiger partial charge >= 0.3 is 0 Å². The highest BCUT2D eigenvalue weighted by Gasteiger charge is 2.24. The molecule has 1 amide bonds. The third-order valence-electron chi connectivity index (χ3n) is 3.83. The highest BCUT2D eigenvalue weighted by atomic mass is 16.2. The minimum atomic E-state index is 0.0844. The Labute approximate surface area is 122 Å². The molecule has 0 saturated heterocycles. The number of aromatic nitrogens is 2. The Morgan fingerprint density at radius 1 is 1.10 bits per heavy atom. The highest BCUT2D eigenvalue weighted by Crippen LogP contribution is 2.27. The Morgan fingerprint density at radius 2 is 1.90 bits per heavy atom. The predicted molar refractivity (Wildman–Crippen MR) is 80.8 cm³/mol. The van der Waals surface area contributed by atoms with Crippen molar-refractivity contribution in [1.29, 1.82) is 0 Å². The molecule has 0 unspecified atom stereocenters. The van der Waals surface area contributed by atoms with Crippen molar-refractivity contribution >= 4 is 16.9 Å². The van der Waals surface area contributed by atoms with Crippen molar-refractivity contribution in [3.63, 3.8) is 0 Å². The van der Waals surface area contributed by atoms with E-state index in [4.69, 9.17) is 0 Å². The summed E-state index contributed by atoms with van der Waals surface area (Å²) < 4.78 is 0. The van der Waals surface area contributed by atoms with Crippen LogP contribution in [0.1, 0.15) is 15.9 Å². The van der Waals surface area contributed by atoms with Gasteiger partial charge in [0.15, 0.2) is 0 Å². The summed E-state index contributed by atoms with van der Waals surface area (Å²) in [4.78, 5) is 22.7. The summed E-state index contributed by atoms with van der Waals surface area (Å²) in [5.41, 5.74) is 5.43. The maximum absolute atomic E-state index is 11.9. The van der Waals surface area contributed by atoms with E-state index in [1.165, 1.54) is 0 Å². The van der Waals surface area contributed by atoms with Crippen molar-refractivity contribution in [3.8, 4) is 11.3 Å². The van der Waals surface area contributed by atoms with Gasteiger partial charge in [-0.2, -0.15) is 0 Å². The lowest BCUT2D eigenvalue weighted by Crippen LogP contribution is -2.17. The molecule has 1 aromatic heterocycles. The summed E-state index contributed by atoms with van der Waals surface area (Å²) >= 11 is 0. The van der Waals surface area contributed by atoms with Crippen molar-refractivity contribution in [1.82, 2.24) is 14.9 Å². The number of nitrogens with zero attached hydrogens (tertiary/aromatic N) is 3. The zero-order valence-electron chi connectivity index (χ0n) is 11.6. The van der Waals surface area contributed by atoms with E-state index in [1.807, 2.05) is 49.5 Å². The molecular weight excluding hydrogens is 262 g/mol. The van der Waals surface area contributed by atoms with Crippen LogP contribution in [0.25, 0.3) is 22.3 Å². The highest BCUT2D eigenvalue weighted by molar-refractivity contribution is 5.98. The van der Waals surface area contributed by atoms with Crippen LogP contribution in [0.2, 0.25) is 0 Å². The minimum absolute atomic E-state index is 0.0844. The Kier molecular flexibility index (Phi) is 2.51. The van der Waals surface area contributed by atoms with E-state index >= 15 is 0 Å². The van der Waals surface area contributed by atoms with E-state index in [2.05, 4.69) is 9.97 Å². The number of amides is 1. The number of hydrogen-bond acceptors (Lipinski definition) is 3. The van der Waals surface area contributed by atoms with Gasteiger partial charge in [0, 0.05) is 24.7 Å². The number of benzene rings is 2. The molecule has 0 spiro atoms. The van der Waals surface area contributed by atoms with Crippen LogP contribution in [0.5, 0.6) is 0 Å². The monoisotopic (exact) mass is 275 g/mol. The number of para-hydroxylation sites is 2. The molecule has 0 saturated carbocycles. The smallest absolute Gasteiger partial charge is 0.254 e. The average Bonchev–Trinajstić information content (AvgIpc) is 2.81. The van der Waals surface area contributed by atoms with Gasteiger partial charge in [-0.05, 0) is 29.8 Å². The predicted octanol–water partition coefficient (Wildman–Crippen LogP) is 2.88. The van der Waals surface area contributed by atoms with Gasteiger partial charge < -0.3 is 4.90 Å². The second-order valence-corrected chi connectivity index (χ2v) is 5.28. The molecule has 4 rings (SSSR count). The van der Waals surface area contributed by atoms with Crippen molar-refractivity contribution < 1.29 is 4.79 Å². The lowest BCUT2D eigenvalue weighted by molar-refractivity contribution is 0.0816. The summed E-state index contributed by atoms with van der Waals surface area (Å²) in [6.07, 6.45) is 1.78. The van der Waals surface area contributed by atoms with Gasteiger partial charge in [-0.25, -0.2) is 4.98 Å². The van der Waals surface area contributed by atoms with Crippen LogP contribution in [0.15, 0.2) is 48.7 Å². The van der Waals surface area contributed by atoms with E-state index in [9.17, 15) is 4.79 Å². The normalized spacial score (nSPS) is 13.8. The van der Waals surface area contributed by atoms with E-state index < -0.39 is 0 Å². The summed E-state index contributed by atoms with van der Waals surface area (Å²) in [5.74, 6) is 0.0844. The fraction of sp³-hybridized carbons (Fsp3) is 0.118. The van der Waals surface area contributed by atoms with E-state index in [0.717, 1.165) is 33.4 Å². The minimum Gasteiger partial charge on any atom is -0.337 e. The second-order valence-electron chi connectivity index (χ2n) is 5.28. The molecule has 4 nitrogen and oxygen atoms in total. The van der Waals surface area contributed by atoms with Gasteiger partial charge in [-0.15, -0.1) is 0 Å². The Balaban J connectivity index is 1.83. The SMILES string of the molecule is CN1Cc2cc(-c3cnc4ccccc4n3)ccc2C1=O. The molecule has 0 aliphatic carbocycles. The van der Waals surface area contributed by atoms with Gasteiger partial charge in [0.05, 0.1) is 22.9 Å². The first-order valence-electron chi connectivity index (χ1n) is 6.83. The molecule has 1 aliphatic heterocycles. The van der Waals surface area contributed by atoms with Gasteiger partial charge in [-0.3, -0.25) is 9.78 Å². The lowest BCUT2D eigenvalue weighted by Gasteiger charge is -2.05. The largest absolute Gasteiger partial charge is 0.337 e. The third-order valence-corrected chi connectivity index (χ3v) is 3.83. The summed E-state index contributed by atoms with van der Waals surface area (Å²) in [5, 5.41) is 0. The Morgan fingerprint density at radius 3 is 2.76 bits per heavy atom. The first kappa shape index (κ1) is 12.0. The zero-order chi connectivity index (χ0) is 14.4. The number of carbonyl (C=O) groups is 1. The fourth-order valence-electron chi connectivity index (χ4n) is 2.72. The van der Waals surface area contributed by atoms with Crippen LogP contribution in [0, 0.1) is 0 Å². The molecule has 2 heterocycles. The molecule has 0 atom stereocenters. The number of hydrogen-bond donors (Lipinski definition) is 0. The number of carbonyl (C=O) groups excluding carboxylic acids is 1. The van der Waals surface area contributed by atoms with Crippen LogP contribution in [0.3, 0.4) is 0 Å². The van der Waals surface area contributed by atoms with Gasteiger partial charge in [0.2, 0.25) is 0 Å². The van der Waals surface area contributed by atoms with Crippen molar-refractivity contribution in [2.75, 3.05) is 7.05 Å². The molecule has 21 heavy (non-hydrogen) atoms. The van der Waals surface area contributed by atoms with Crippen LogP contribution in [-0.2, 0) is 6.54 Å². The van der Waals surface area contributed by atoms with Crippen molar-refractivity contribution in [2.24, 2.45) is 0 Å².